The summed E-state index contributed by atoms with van der Waals surface area (Å²) in [5.41, 5.74) is 1.34. The lowest BCUT2D eigenvalue weighted by Gasteiger charge is -2.32. The first-order valence-electron chi connectivity index (χ1n) is 17.2. The lowest BCUT2D eigenvalue weighted by molar-refractivity contribution is -0.156. The Labute approximate surface area is 316 Å². The molecule has 288 valence electrons. The van der Waals surface area contributed by atoms with Crippen LogP contribution in [0.1, 0.15) is 72.4 Å². The Kier molecular flexibility index (Phi) is 12.7. The van der Waals surface area contributed by atoms with Crippen LogP contribution in [0.5, 0.6) is 0 Å². The van der Waals surface area contributed by atoms with Crippen molar-refractivity contribution in [3.05, 3.63) is 118 Å². The van der Waals surface area contributed by atoms with Crippen LogP contribution < -0.4 is 5.32 Å². The fourth-order valence-electron chi connectivity index (χ4n) is 6.30. The van der Waals surface area contributed by atoms with Crippen LogP contribution in [0.25, 0.3) is 10.9 Å². The third-order valence-corrected chi connectivity index (χ3v) is 12.4. The predicted molar refractivity (Wildman–Crippen MR) is 201 cm³/mol. The topological polar surface area (TPSA) is 142 Å². The lowest BCUT2D eigenvalue weighted by Crippen LogP contribution is -2.46. The van der Waals surface area contributed by atoms with Gasteiger partial charge in [-0.25, -0.2) is 13.2 Å². The molecule has 1 amide bonds. The van der Waals surface area contributed by atoms with Crippen LogP contribution in [0.3, 0.4) is 0 Å². The largest absolute Gasteiger partial charge is 0.453 e. The molecule has 0 fully saturated rings. The third-order valence-electron chi connectivity index (χ3n) is 9.20. The van der Waals surface area contributed by atoms with Crippen LogP contribution in [-0.2, 0) is 19.6 Å². The highest BCUT2D eigenvalue weighted by Gasteiger charge is 2.46. The average Bonchev–Trinajstić information content (AvgIpc) is 3.81. The molecule has 3 N–H and O–H groups in total. The number of aromatic nitrogens is 2. The van der Waals surface area contributed by atoms with Crippen molar-refractivity contribution in [3.8, 4) is 0 Å². The molecule has 0 aliphatic carbocycles. The van der Waals surface area contributed by atoms with Gasteiger partial charge in [-0.3, -0.25) is 9.89 Å². The van der Waals surface area contributed by atoms with E-state index in [1.165, 1.54) is 24.3 Å². The fourth-order valence-corrected chi connectivity index (χ4v) is 9.23. The molecule has 0 spiro atoms. The molecule has 0 aliphatic rings. The monoisotopic (exact) mass is 784 g/mol. The number of methoxy groups -OCH3 is 1. The van der Waals surface area contributed by atoms with Crippen molar-refractivity contribution < 1.29 is 41.0 Å². The van der Waals surface area contributed by atoms with Gasteiger partial charge < -0.3 is 15.2 Å². The minimum absolute atomic E-state index is 0.0340. The number of aliphatic hydroxyl groups excluding tert-OH is 1. The number of sulfonamides is 1. The van der Waals surface area contributed by atoms with Crippen molar-refractivity contribution in [2.45, 2.75) is 68.6 Å². The number of hydrogen-bond acceptors (Lipinski definition) is 8. The van der Waals surface area contributed by atoms with E-state index in [-0.39, 0.29) is 26.6 Å². The first-order chi connectivity index (χ1) is 25.5. The standard InChI is InChI=1S/C39H43F3N4O6S2/c1-38(2,3)19-20-46(54(50,51)28-16-15-27-23-43-45-30(27)21-28)31(24-47)34-18-17-33(53-34)29(39(40,41)42)22-32(48)36(44-37(49)52-4)35(25-11-7-5-8-12-25)26-13-9-6-10-14-26/h5-18,21,23,29,31,35-36,47H,19-20,22,24H2,1-4H3,(H,43,45)(H,44,49)/t29-,31-,36-/m1/s1. The van der Waals surface area contributed by atoms with Gasteiger partial charge in [0.2, 0.25) is 10.0 Å². The number of benzene rings is 3. The number of aliphatic hydroxyl groups is 1. The molecule has 5 rings (SSSR count). The number of amides is 1. The summed E-state index contributed by atoms with van der Waals surface area (Å²) in [6, 6.07) is 21.7. The summed E-state index contributed by atoms with van der Waals surface area (Å²) in [6.07, 6.45) is -5.00. The fraction of sp³-hybridized carbons (Fsp3) is 0.359. The number of Topliss-reactive ketones (excluding diaryl/α,β-unsaturated/α-hetero) is 1. The van der Waals surface area contributed by atoms with Crippen molar-refractivity contribution in [2.75, 3.05) is 20.3 Å². The number of ketones is 1. The Bertz CT molecular complexity index is 2090. The number of ether oxygens (including phenoxy) is 1. The van der Waals surface area contributed by atoms with Crippen molar-refractivity contribution in [1.82, 2.24) is 19.8 Å². The minimum atomic E-state index is -4.91. The molecular formula is C39H43F3N4O6S2. The van der Waals surface area contributed by atoms with E-state index >= 15 is 0 Å². The van der Waals surface area contributed by atoms with E-state index in [2.05, 4.69) is 15.5 Å². The maximum absolute atomic E-state index is 15.0. The van der Waals surface area contributed by atoms with Crippen LogP contribution >= 0.6 is 11.3 Å². The normalized spacial score (nSPS) is 14.3. The van der Waals surface area contributed by atoms with Gasteiger partial charge >= 0.3 is 12.3 Å². The van der Waals surface area contributed by atoms with Gasteiger partial charge in [-0.2, -0.15) is 22.6 Å². The van der Waals surface area contributed by atoms with E-state index in [4.69, 9.17) is 4.74 Å². The molecule has 10 nitrogen and oxygen atoms in total. The van der Waals surface area contributed by atoms with E-state index in [0.29, 0.717) is 39.8 Å². The predicted octanol–water partition coefficient (Wildman–Crippen LogP) is 7.95. The summed E-state index contributed by atoms with van der Waals surface area (Å²) < 4.78 is 79.4. The van der Waals surface area contributed by atoms with E-state index in [9.17, 15) is 36.3 Å². The summed E-state index contributed by atoms with van der Waals surface area (Å²) in [4.78, 5) is 26.6. The number of carbonyl (C=O) groups excluding carboxylic acids is 2. The molecule has 2 heterocycles. The van der Waals surface area contributed by atoms with Gasteiger partial charge in [0.15, 0.2) is 5.78 Å². The summed E-state index contributed by atoms with van der Waals surface area (Å²) in [6.45, 7) is 5.04. The second-order valence-corrected chi connectivity index (χ2v) is 17.2. The number of H-pyrrole nitrogens is 1. The lowest BCUT2D eigenvalue weighted by atomic mass is 9.81. The summed E-state index contributed by atoms with van der Waals surface area (Å²) in [5, 5.41) is 20.6. The van der Waals surface area contributed by atoms with Gasteiger partial charge in [0.25, 0.3) is 0 Å². The van der Waals surface area contributed by atoms with Crippen molar-refractivity contribution in [2.24, 2.45) is 5.41 Å². The van der Waals surface area contributed by atoms with Crippen LogP contribution in [0, 0.1) is 5.41 Å². The smallest absolute Gasteiger partial charge is 0.407 e. The quantitative estimate of drug-likeness (QED) is 0.0979. The summed E-state index contributed by atoms with van der Waals surface area (Å²) >= 11 is 0.684. The van der Waals surface area contributed by atoms with Crippen molar-refractivity contribution >= 4 is 44.1 Å². The number of halogens is 3. The van der Waals surface area contributed by atoms with E-state index < -0.39 is 65.0 Å². The zero-order valence-electron chi connectivity index (χ0n) is 30.2. The molecule has 3 atom stereocenters. The van der Waals surface area contributed by atoms with E-state index in [1.807, 2.05) is 20.8 Å². The highest BCUT2D eigenvalue weighted by atomic mass is 32.2. The zero-order chi connectivity index (χ0) is 39.3. The summed E-state index contributed by atoms with van der Waals surface area (Å²) in [5.74, 6) is -4.05. The Morgan fingerprint density at radius 3 is 2.11 bits per heavy atom. The average molecular weight is 785 g/mol. The second kappa shape index (κ2) is 16.8. The van der Waals surface area contributed by atoms with Crippen molar-refractivity contribution in [3.63, 3.8) is 0 Å². The highest BCUT2D eigenvalue weighted by Crippen LogP contribution is 2.44. The van der Waals surface area contributed by atoms with Crippen LogP contribution in [0.4, 0.5) is 18.0 Å². The molecule has 2 aromatic heterocycles. The molecular weight excluding hydrogens is 742 g/mol. The molecule has 0 unspecified atom stereocenters. The summed E-state index contributed by atoms with van der Waals surface area (Å²) in [7, 11) is -3.20. The molecule has 0 saturated carbocycles. The minimum Gasteiger partial charge on any atom is -0.453 e. The Morgan fingerprint density at radius 1 is 0.944 bits per heavy atom. The number of thiophene rings is 1. The van der Waals surface area contributed by atoms with Crippen LogP contribution in [-0.4, -0.2) is 72.4 Å². The number of nitrogens with zero attached hydrogens (tertiary/aromatic N) is 2. The molecule has 15 heteroatoms. The maximum Gasteiger partial charge on any atom is 0.407 e. The first-order valence-corrected chi connectivity index (χ1v) is 19.5. The Morgan fingerprint density at radius 2 is 1.56 bits per heavy atom. The Hall–Kier alpha value is -4.57. The van der Waals surface area contributed by atoms with Gasteiger partial charge in [-0.15, -0.1) is 11.3 Å². The molecule has 54 heavy (non-hydrogen) atoms. The van der Waals surface area contributed by atoms with Gasteiger partial charge in [-0.1, -0.05) is 81.4 Å². The number of nitrogens with one attached hydrogen (secondary N) is 2. The number of rotatable bonds is 15. The molecule has 5 aromatic rings. The molecule has 0 aliphatic heterocycles. The van der Waals surface area contributed by atoms with E-state index in [1.54, 1.807) is 72.9 Å². The van der Waals surface area contributed by atoms with Crippen LogP contribution in [0.15, 0.2) is 102 Å². The molecule has 3 aromatic carbocycles. The zero-order valence-corrected chi connectivity index (χ0v) is 31.8. The first kappa shape index (κ1) is 40.6. The number of carbonyl (C=O) groups is 2. The van der Waals surface area contributed by atoms with Gasteiger partial charge in [-0.05, 0) is 53.3 Å². The third kappa shape index (κ3) is 9.56. The second-order valence-electron chi connectivity index (χ2n) is 14.2. The highest BCUT2D eigenvalue weighted by molar-refractivity contribution is 7.89. The number of alkyl carbamates (subject to hydrolysis) is 1. The molecule has 0 saturated heterocycles. The van der Waals surface area contributed by atoms with Crippen LogP contribution in [0.2, 0.25) is 0 Å². The maximum atomic E-state index is 15.0. The number of fused-ring (bicyclic) bond motifs is 1. The Balaban J connectivity index is 1.52. The SMILES string of the molecule is COC(=O)N[C@H](C(=O)C[C@H](c1ccc([C@@H](CO)N(CCC(C)(C)C)S(=O)(=O)c2ccc3cn[nH]c3c2)s1)C(F)(F)F)C(c1ccccc1)c1ccccc1. The molecule has 0 radical (unpaired) electrons. The van der Waals surface area contributed by atoms with Gasteiger partial charge in [0.1, 0.15) is 6.04 Å². The number of alkyl halides is 3. The molecule has 0 bridgehead atoms. The van der Waals surface area contributed by atoms with Gasteiger partial charge in [0.05, 0.1) is 42.3 Å². The van der Waals surface area contributed by atoms with Crippen molar-refractivity contribution in [1.29, 1.82) is 0 Å². The number of hydrogen-bond donors (Lipinski definition) is 3. The number of aromatic amines is 1. The van der Waals surface area contributed by atoms with E-state index in [0.717, 1.165) is 11.4 Å². The van der Waals surface area contributed by atoms with Gasteiger partial charge in [0, 0.05) is 34.0 Å².